The molecule has 0 unspecified atom stereocenters. The lowest BCUT2D eigenvalue weighted by Crippen LogP contribution is -2.32. The molecule has 0 aliphatic rings. The Morgan fingerprint density at radius 1 is 1.06 bits per heavy atom. The zero-order valence-corrected chi connectivity index (χ0v) is 10.5. The molecule has 0 atom stereocenters. The molecule has 0 saturated heterocycles. The van der Waals surface area contributed by atoms with Gasteiger partial charge in [0.15, 0.2) is 0 Å². The first-order valence-corrected chi connectivity index (χ1v) is 5.49. The average Bonchev–Trinajstić information content (AvgIpc) is 2.21. The van der Waals surface area contributed by atoms with Crippen molar-refractivity contribution >= 4 is 5.84 Å². The van der Waals surface area contributed by atoms with E-state index in [1.807, 2.05) is 13.8 Å². The van der Waals surface area contributed by atoms with Gasteiger partial charge in [0.2, 0.25) is 0 Å². The molecule has 0 heterocycles. The van der Waals surface area contributed by atoms with Crippen molar-refractivity contribution in [2.45, 2.75) is 20.3 Å². The van der Waals surface area contributed by atoms with Crippen molar-refractivity contribution in [1.29, 1.82) is 5.41 Å². The fraction of sp³-hybridized carbons (Fsp3) is 0.909. The Labute approximate surface area is 97.8 Å². The van der Waals surface area contributed by atoms with E-state index in [0.29, 0.717) is 33.0 Å². The molecule has 3 N–H and O–H groups in total. The Balaban J connectivity index is 3.30. The van der Waals surface area contributed by atoms with Gasteiger partial charge < -0.3 is 19.9 Å². The number of hydrogen-bond donors (Lipinski definition) is 2. The van der Waals surface area contributed by atoms with Crippen molar-refractivity contribution in [2.75, 3.05) is 40.1 Å². The van der Waals surface area contributed by atoms with E-state index in [1.54, 1.807) is 7.11 Å². The van der Waals surface area contributed by atoms with Gasteiger partial charge in [0.25, 0.3) is 0 Å². The summed E-state index contributed by atoms with van der Waals surface area (Å²) in [5.41, 5.74) is 5.17. The standard InChI is InChI=1S/C11H24N2O3/c1-11(2,10(12)13)4-5-15-8-9-16-7-6-14-3/h4-9H2,1-3H3,(H3,12,13). The van der Waals surface area contributed by atoms with Crippen LogP contribution in [0.2, 0.25) is 0 Å². The predicted octanol–water partition coefficient (Wildman–Crippen LogP) is 1.02. The van der Waals surface area contributed by atoms with Gasteiger partial charge in [0, 0.05) is 19.1 Å². The number of methoxy groups -OCH3 is 1. The number of hydrogen-bond acceptors (Lipinski definition) is 4. The van der Waals surface area contributed by atoms with Gasteiger partial charge in [-0.15, -0.1) is 0 Å². The number of ether oxygens (including phenoxy) is 3. The minimum atomic E-state index is -0.281. The highest BCUT2D eigenvalue weighted by atomic mass is 16.5. The molecule has 0 aromatic heterocycles. The van der Waals surface area contributed by atoms with E-state index in [1.165, 1.54) is 0 Å². The third-order valence-electron chi connectivity index (χ3n) is 2.40. The first-order valence-electron chi connectivity index (χ1n) is 5.49. The second kappa shape index (κ2) is 8.50. The van der Waals surface area contributed by atoms with E-state index in [-0.39, 0.29) is 11.3 Å². The van der Waals surface area contributed by atoms with Crippen molar-refractivity contribution in [2.24, 2.45) is 11.1 Å². The molecule has 0 amide bonds. The summed E-state index contributed by atoms with van der Waals surface area (Å²) in [5.74, 6) is 0.201. The second-order valence-electron chi connectivity index (χ2n) is 4.27. The van der Waals surface area contributed by atoms with Crippen LogP contribution in [0.25, 0.3) is 0 Å². The van der Waals surface area contributed by atoms with Gasteiger partial charge >= 0.3 is 0 Å². The molecule has 0 aliphatic heterocycles. The number of rotatable bonds is 10. The Morgan fingerprint density at radius 2 is 1.56 bits per heavy atom. The quantitative estimate of drug-likeness (QED) is 0.335. The van der Waals surface area contributed by atoms with E-state index >= 15 is 0 Å². The first kappa shape index (κ1) is 15.3. The number of nitrogens with one attached hydrogen (secondary N) is 1. The zero-order chi connectivity index (χ0) is 12.4. The Hall–Kier alpha value is -0.650. The van der Waals surface area contributed by atoms with Gasteiger partial charge in [0.1, 0.15) is 0 Å². The molecule has 5 heteroatoms. The van der Waals surface area contributed by atoms with E-state index in [2.05, 4.69) is 0 Å². The van der Waals surface area contributed by atoms with Gasteiger partial charge in [-0.1, -0.05) is 13.8 Å². The Morgan fingerprint density at radius 3 is 2.06 bits per heavy atom. The lowest BCUT2D eigenvalue weighted by Gasteiger charge is -2.22. The summed E-state index contributed by atoms with van der Waals surface area (Å²) in [6.45, 7) is 6.82. The van der Waals surface area contributed by atoms with Crippen molar-refractivity contribution in [3.05, 3.63) is 0 Å². The number of amidine groups is 1. The van der Waals surface area contributed by atoms with Crippen molar-refractivity contribution in [1.82, 2.24) is 0 Å². The van der Waals surface area contributed by atoms with E-state index in [4.69, 9.17) is 25.4 Å². The van der Waals surface area contributed by atoms with Crippen LogP contribution in [-0.4, -0.2) is 46.0 Å². The third-order valence-corrected chi connectivity index (χ3v) is 2.40. The number of nitrogens with two attached hydrogens (primary N) is 1. The van der Waals surface area contributed by atoms with Crippen LogP contribution in [0.5, 0.6) is 0 Å². The van der Waals surface area contributed by atoms with Crippen LogP contribution in [0.3, 0.4) is 0 Å². The van der Waals surface area contributed by atoms with Crippen molar-refractivity contribution in [3.63, 3.8) is 0 Å². The first-order chi connectivity index (χ1) is 7.50. The predicted molar refractivity (Wildman–Crippen MR) is 63.8 cm³/mol. The topological polar surface area (TPSA) is 77.6 Å². The monoisotopic (exact) mass is 232 g/mol. The maximum Gasteiger partial charge on any atom is 0.0963 e. The summed E-state index contributed by atoms with van der Waals surface area (Å²) in [5, 5.41) is 7.37. The van der Waals surface area contributed by atoms with Crippen LogP contribution >= 0.6 is 0 Å². The highest BCUT2D eigenvalue weighted by molar-refractivity contribution is 5.82. The fourth-order valence-corrected chi connectivity index (χ4v) is 0.926. The minimum Gasteiger partial charge on any atom is -0.387 e. The van der Waals surface area contributed by atoms with Gasteiger partial charge in [-0.05, 0) is 6.42 Å². The summed E-state index contributed by atoms with van der Waals surface area (Å²) < 4.78 is 15.5. The van der Waals surface area contributed by atoms with Gasteiger partial charge in [-0.25, -0.2) is 0 Å². The smallest absolute Gasteiger partial charge is 0.0963 e. The van der Waals surface area contributed by atoms with Crippen LogP contribution in [-0.2, 0) is 14.2 Å². The van der Waals surface area contributed by atoms with E-state index in [9.17, 15) is 0 Å². The summed E-state index contributed by atoms with van der Waals surface area (Å²) in [4.78, 5) is 0. The van der Waals surface area contributed by atoms with Crippen LogP contribution in [0.15, 0.2) is 0 Å². The molecule has 0 radical (unpaired) electrons. The molecule has 0 bridgehead atoms. The summed E-state index contributed by atoms with van der Waals surface area (Å²) in [7, 11) is 1.64. The molecule has 0 aromatic carbocycles. The zero-order valence-electron chi connectivity index (χ0n) is 10.5. The van der Waals surface area contributed by atoms with Gasteiger partial charge in [0.05, 0.1) is 32.3 Å². The van der Waals surface area contributed by atoms with Crippen LogP contribution in [0, 0.1) is 10.8 Å². The van der Waals surface area contributed by atoms with Gasteiger partial charge in [-0.3, -0.25) is 5.41 Å². The molecule has 0 rings (SSSR count). The summed E-state index contributed by atoms with van der Waals surface area (Å²) in [6.07, 6.45) is 0.750. The molecule has 16 heavy (non-hydrogen) atoms. The average molecular weight is 232 g/mol. The third kappa shape index (κ3) is 7.62. The second-order valence-corrected chi connectivity index (χ2v) is 4.27. The molecular formula is C11H24N2O3. The highest BCUT2D eigenvalue weighted by Crippen LogP contribution is 2.19. The Bertz CT molecular complexity index is 196. The van der Waals surface area contributed by atoms with Crippen LogP contribution in [0.1, 0.15) is 20.3 Å². The Kier molecular flexibility index (Phi) is 8.15. The normalized spacial score (nSPS) is 11.7. The SMILES string of the molecule is COCCOCCOCCC(C)(C)C(=N)N. The molecular weight excluding hydrogens is 208 g/mol. The molecule has 0 spiro atoms. The summed E-state index contributed by atoms with van der Waals surface area (Å²) >= 11 is 0. The maximum atomic E-state index is 7.37. The summed E-state index contributed by atoms with van der Waals surface area (Å²) in [6, 6.07) is 0. The van der Waals surface area contributed by atoms with Crippen molar-refractivity contribution < 1.29 is 14.2 Å². The lowest BCUT2D eigenvalue weighted by molar-refractivity contribution is 0.0210. The van der Waals surface area contributed by atoms with Crippen LogP contribution in [0.4, 0.5) is 0 Å². The minimum absolute atomic E-state index is 0.201. The van der Waals surface area contributed by atoms with Gasteiger partial charge in [-0.2, -0.15) is 0 Å². The van der Waals surface area contributed by atoms with E-state index < -0.39 is 0 Å². The molecule has 0 saturated carbocycles. The molecule has 96 valence electrons. The maximum absolute atomic E-state index is 7.37. The highest BCUT2D eigenvalue weighted by Gasteiger charge is 2.20. The molecule has 0 aromatic rings. The lowest BCUT2D eigenvalue weighted by atomic mass is 9.89. The van der Waals surface area contributed by atoms with E-state index in [0.717, 1.165) is 6.42 Å². The molecule has 5 nitrogen and oxygen atoms in total. The molecule has 0 fully saturated rings. The van der Waals surface area contributed by atoms with Crippen molar-refractivity contribution in [3.8, 4) is 0 Å². The molecule has 0 aliphatic carbocycles. The largest absolute Gasteiger partial charge is 0.387 e. The van der Waals surface area contributed by atoms with Crippen LogP contribution < -0.4 is 5.73 Å². The fourth-order valence-electron chi connectivity index (χ4n) is 0.926.